The molecule has 3 aromatic heterocycles. The lowest BCUT2D eigenvalue weighted by Crippen LogP contribution is -2.70. The normalized spacial score (nSPS) is 20.9. The molecule has 3 saturated heterocycles. The first kappa shape index (κ1) is 16.9. The molecule has 9 heteroatoms. The lowest BCUT2D eigenvalue weighted by Gasteiger charge is -2.56. The van der Waals surface area contributed by atoms with E-state index in [-0.39, 0.29) is 18.0 Å². The number of carbonyl (C=O) groups is 1. The van der Waals surface area contributed by atoms with Crippen molar-refractivity contribution in [2.45, 2.75) is 32.4 Å². The Morgan fingerprint density at radius 1 is 1.18 bits per heavy atom. The summed E-state index contributed by atoms with van der Waals surface area (Å²) in [6, 6.07) is 7.82. The minimum atomic E-state index is 0.0366. The van der Waals surface area contributed by atoms with Gasteiger partial charge < -0.3 is 14.5 Å². The van der Waals surface area contributed by atoms with Gasteiger partial charge in [-0.05, 0) is 38.5 Å². The van der Waals surface area contributed by atoms with E-state index in [1.165, 1.54) is 0 Å². The van der Waals surface area contributed by atoms with E-state index >= 15 is 0 Å². The molecule has 144 valence electrons. The second-order valence-electron chi connectivity index (χ2n) is 7.19. The molecule has 0 saturated carbocycles. The molecule has 0 aliphatic carbocycles. The van der Waals surface area contributed by atoms with Crippen molar-refractivity contribution in [1.82, 2.24) is 29.7 Å². The van der Waals surface area contributed by atoms with Crippen LogP contribution in [0.3, 0.4) is 0 Å². The number of piperidine rings is 1. The number of fused-ring (bicyclic) bond motifs is 3. The summed E-state index contributed by atoms with van der Waals surface area (Å²) in [7, 11) is 0. The highest BCUT2D eigenvalue weighted by molar-refractivity contribution is 5.95. The number of hydrogen-bond donors (Lipinski definition) is 0. The van der Waals surface area contributed by atoms with Gasteiger partial charge in [0.1, 0.15) is 5.82 Å². The van der Waals surface area contributed by atoms with Crippen LogP contribution in [0.2, 0.25) is 0 Å². The molecule has 0 N–H and O–H groups in total. The molecule has 3 aliphatic heterocycles. The highest BCUT2D eigenvalue weighted by atomic mass is 16.5. The van der Waals surface area contributed by atoms with Crippen molar-refractivity contribution in [1.29, 1.82) is 0 Å². The summed E-state index contributed by atoms with van der Waals surface area (Å²) < 4.78 is 7.11. The second kappa shape index (κ2) is 6.43. The predicted octanol–water partition coefficient (Wildman–Crippen LogP) is 1.33. The fraction of sp³-hybridized carbons (Fsp3) is 0.421. The van der Waals surface area contributed by atoms with Crippen LogP contribution in [0.15, 0.2) is 30.5 Å². The quantitative estimate of drug-likeness (QED) is 0.676. The summed E-state index contributed by atoms with van der Waals surface area (Å²) in [4.78, 5) is 21.4. The zero-order valence-electron chi connectivity index (χ0n) is 15.8. The van der Waals surface area contributed by atoms with Crippen LogP contribution < -0.4 is 9.64 Å². The van der Waals surface area contributed by atoms with Gasteiger partial charge in [-0.15, -0.1) is 15.3 Å². The molecule has 28 heavy (non-hydrogen) atoms. The molecule has 9 nitrogen and oxygen atoms in total. The van der Waals surface area contributed by atoms with Gasteiger partial charge in [-0.1, -0.05) is 0 Å². The van der Waals surface area contributed by atoms with Gasteiger partial charge in [-0.3, -0.25) is 4.79 Å². The molecular weight excluding hydrogens is 358 g/mol. The van der Waals surface area contributed by atoms with E-state index in [0.717, 1.165) is 36.8 Å². The predicted molar refractivity (Wildman–Crippen MR) is 102 cm³/mol. The maximum absolute atomic E-state index is 12.9. The van der Waals surface area contributed by atoms with Crippen molar-refractivity contribution in [3.8, 4) is 5.88 Å². The Morgan fingerprint density at radius 2 is 2.00 bits per heavy atom. The maximum Gasteiger partial charge on any atom is 0.256 e. The van der Waals surface area contributed by atoms with Gasteiger partial charge in [-0.25, -0.2) is 4.98 Å². The van der Waals surface area contributed by atoms with Crippen LogP contribution in [0.4, 0.5) is 5.82 Å². The Labute approximate surface area is 161 Å². The largest absolute Gasteiger partial charge is 0.478 e. The number of ether oxygens (including phenoxy) is 1. The van der Waals surface area contributed by atoms with E-state index in [0.29, 0.717) is 18.1 Å². The van der Waals surface area contributed by atoms with Crippen LogP contribution in [-0.4, -0.2) is 67.4 Å². The number of amides is 1. The Kier molecular flexibility index (Phi) is 3.88. The molecule has 0 aromatic carbocycles. The molecule has 2 unspecified atom stereocenters. The van der Waals surface area contributed by atoms with Crippen LogP contribution in [0.25, 0.3) is 5.65 Å². The summed E-state index contributed by atoms with van der Waals surface area (Å²) in [5.41, 5.74) is 1.34. The molecule has 6 heterocycles. The molecule has 2 bridgehead atoms. The van der Waals surface area contributed by atoms with Gasteiger partial charge >= 0.3 is 0 Å². The number of piperazine rings is 1. The van der Waals surface area contributed by atoms with Gasteiger partial charge in [0.2, 0.25) is 5.88 Å². The molecule has 1 amide bonds. The number of nitrogens with zero attached hydrogens (tertiary/aromatic N) is 7. The lowest BCUT2D eigenvalue weighted by atomic mass is 9.86. The van der Waals surface area contributed by atoms with E-state index < -0.39 is 0 Å². The lowest BCUT2D eigenvalue weighted by molar-refractivity contribution is 0.00568. The topological polar surface area (TPSA) is 88.8 Å². The van der Waals surface area contributed by atoms with Crippen LogP contribution in [0.1, 0.15) is 29.5 Å². The number of rotatable bonds is 4. The number of hydrogen-bond acceptors (Lipinski definition) is 7. The Balaban J connectivity index is 1.31. The fourth-order valence-electron chi connectivity index (χ4n) is 4.07. The smallest absolute Gasteiger partial charge is 0.256 e. The Hall–Kier alpha value is -3.23. The van der Waals surface area contributed by atoms with Crippen LogP contribution in [0, 0.1) is 6.92 Å². The van der Waals surface area contributed by atoms with E-state index in [2.05, 4.69) is 25.2 Å². The van der Waals surface area contributed by atoms with Crippen molar-refractivity contribution < 1.29 is 9.53 Å². The molecule has 3 fully saturated rings. The Morgan fingerprint density at radius 3 is 2.71 bits per heavy atom. The average molecular weight is 379 g/mol. The zero-order valence-corrected chi connectivity index (χ0v) is 15.8. The molecule has 3 aliphatic rings. The summed E-state index contributed by atoms with van der Waals surface area (Å²) in [6.45, 7) is 5.89. The van der Waals surface area contributed by atoms with Gasteiger partial charge in [0.05, 0.1) is 24.3 Å². The third-order valence-corrected chi connectivity index (χ3v) is 5.43. The van der Waals surface area contributed by atoms with Crippen molar-refractivity contribution in [2.24, 2.45) is 0 Å². The highest BCUT2D eigenvalue weighted by Crippen LogP contribution is 2.35. The fourth-order valence-corrected chi connectivity index (χ4v) is 4.07. The molecule has 2 atom stereocenters. The standard InChI is InChI=1S/C19H21N7O2/c1-3-28-18-7-4-13(9-20-18)19(27)25-14-8-15(25)11-24(10-14)17-6-5-16-22-21-12(2)26(16)23-17/h4-7,9,14-15H,3,8,10-11H2,1-2H3. The summed E-state index contributed by atoms with van der Waals surface area (Å²) in [5, 5.41) is 12.8. The first-order valence-electron chi connectivity index (χ1n) is 9.49. The number of pyridine rings is 1. The zero-order chi connectivity index (χ0) is 19.3. The third-order valence-electron chi connectivity index (χ3n) is 5.43. The van der Waals surface area contributed by atoms with Crippen LogP contribution in [-0.2, 0) is 0 Å². The van der Waals surface area contributed by atoms with Gasteiger partial charge in [0, 0.05) is 25.4 Å². The summed E-state index contributed by atoms with van der Waals surface area (Å²) >= 11 is 0. The van der Waals surface area contributed by atoms with Crippen molar-refractivity contribution in [3.05, 3.63) is 41.9 Å². The minimum Gasteiger partial charge on any atom is -0.478 e. The molecule has 3 aromatic rings. The highest BCUT2D eigenvalue weighted by Gasteiger charge is 2.47. The third kappa shape index (κ3) is 2.65. The number of anilines is 1. The number of carbonyl (C=O) groups excluding carboxylic acids is 1. The number of aromatic nitrogens is 5. The van der Waals surface area contributed by atoms with Gasteiger partial charge in [0.25, 0.3) is 5.91 Å². The van der Waals surface area contributed by atoms with E-state index in [4.69, 9.17) is 4.74 Å². The first-order chi connectivity index (χ1) is 13.6. The molecule has 0 radical (unpaired) electrons. The van der Waals surface area contributed by atoms with Gasteiger partial charge in [0.15, 0.2) is 11.5 Å². The average Bonchev–Trinajstić information content (AvgIpc) is 3.09. The molecular formula is C19H21N7O2. The summed E-state index contributed by atoms with van der Waals surface area (Å²) in [5.74, 6) is 2.23. The Bertz CT molecular complexity index is 1020. The van der Waals surface area contributed by atoms with Crippen LogP contribution in [0.5, 0.6) is 5.88 Å². The van der Waals surface area contributed by atoms with E-state index in [9.17, 15) is 4.79 Å². The number of aryl methyl sites for hydroxylation is 1. The van der Waals surface area contributed by atoms with Crippen molar-refractivity contribution in [3.63, 3.8) is 0 Å². The molecule has 0 spiro atoms. The van der Waals surface area contributed by atoms with Crippen LogP contribution >= 0.6 is 0 Å². The second-order valence-corrected chi connectivity index (χ2v) is 7.19. The van der Waals surface area contributed by atoms with E-state index in [1.807, 2.05) is 30.9 Å². The maximum atomic E-state index is 12.9. The minimum absolute atomic E-state index is 0.0366. The summed E-state index contributed by atoms with van der Waals surface area (Å²) in [6.07, 6.45) is 2.63. The van der Waals surface area contributed by atoms with Crippen molar-refractivity contribution in [2.75, 3.05) is 24.6 Å². The SMILES string of the molecule is CCOc1ccc(C(=O)N2C3CC2CN(c2ccc4nnc(C)n4n2)C3)cn1. The molecule has 6 rings (SSSR count). The van der Waals surface area contributed by atoms with Crippen molar-refractivity contribution >= 4 is 17.4 Å². The van der Waals surface area contributed by atoms with E-state index in [1.54, 1.807) is 22.8 Å². The monoisotopic (exact) mass is 379 g/mol. The first-order valence-corrected chi connectivity index (χ1v) is 9.49. The van der Waals surface area contributed by atoms with Gasteiger partial charge in [-0.2, -0.15) is 4.52 Å².